The van der Waals surface area contributed by atoms with Crippen molar-refractivity contribution in [3.8, 4) is 0 Å². The van der Waals surface area contributed by atoms with Gasteiger partial charge in [0.15, 0.2) is 0 Å². The summed E-state index contributed by atoms with van der Waals surface area (Å²) in [6.45, 7) is 1.94. The van der Waals surface area contributed by atoms with Gasteiger partial charge in [0.05, 0.1) is 16.1 Å². The molecule has 0 spiro atoms. The monoisotopic (exact) mass is 224 g/mol. The summed E-state index contributed by atoms with van der Waals surface area (Å²) in [5.41, 5.74) is 1.19. The Hall–Kier alpha value is -1.55. The lowest BCUT2D eigenvalue weighted by Crippen LogP contribution is -1.97. The third-order valence-corrected chi connectivity index (χ3v) is 2.52. The van der Waals surface area contributed by atoms with Gasteiger partial charge in [0, 0.05) is 6.42 Å². The first-order chi connectivity index (χ1) is 7.13. The minimum atomic E-state index is -0.995. The molecular formula is C10H9ClN2O2. The Bertz CT molecular complexity index is 533. The molecule has 0 saturated carbocycles. The Kier molecular flexibility index (Phi) is 2.36. The van der Waals surface area contributed by atoms with Gasteiger partial charge in [-0.3, -0.25) is 0 Å². The minimum Gasteiger partial charge on any atom is -0.478 e. The third-order valence-electron chi connectivity index (χ3n) is 2.21. The summed E-state index contributed by atoms with van der Waals surface area (Å²) in [5, 5.41) is 9.45. The number of aromatic amines is 1. The van der Waals surface area contributed by atoms with Crippen LogP contribution >= 0.6 is 11.6 Å². The van der Waals surface area contributed by atoms with E-state index in [4.69, 9.17) is 16.7 Å². The summed E-state index contributed by atoms with van der Waals surface area (Å²) in [6.07, 6.45) is 0.712. The van der Waals surface area contributed by atoms with E-state index >= 15 is 0 Å². The highest BCUT2D eigenvalue weighted by atomic mass is 35.5. The number of hydrogen-bond acceptors (Lipinski definition) is 2. The second-order valence-electron chi connectivity index (χ2n) is 3.16. The Balaban J connectivity index is 2.80. The molecule has 5 heteroatoms. The molecule has 1 aromatic heterocycles. The van der Waals surface area contributed by atoms with Gasteiger partial charge in [-0.1, -0.05) is 18.5 Å². The van der Waals surface area contributed by atoms with Crippen LogP contribution in [0.25, 0.3) is 11.0 Å². The molecule has 0 atom stereocenters. The first kappa shape index (κ1) is 9.98. The predicted octanol–water partition coefficient (Wildman–Crippen LogP) is 2.48. The third kappa shape index (κ3) is 1.57. The summed E-state index contributed by atoms with van der Waals surface area (Å²) < 4.78 is 0. The van der Waals surface area contributed by atoms with Gasteiger partial charge in [0.25, 0.3) is 0 Å². The number of aromatic carboxylic acids is 1. The second kappa shape index (κ2) is 3.55. The molecule has 4 nitrogen and oxygen atoms in total. The van der Waals surface area contributed by atoms with E-state index < -0.39 is 5.97 Å². The van der Waals surface area contributed by atoms with Crippen molar-refractivity contribution in [2.24, 2.45) is 0 Å². The topological polar surface area (TPSA) is 66.0 Å². The van der Waals surface area contributed by atoms with E-state index in [0.29, 0.717) is 22.5 Å². The zero-order chi connectivity index (χ0) is 11.0. The van der Waals surface area contributed by atoms with Crippen LogP contribution in [-0.4, -0.2) is 21.0 Å². The van der Waals surface area contributed by atoms with E-state index in [0.717, 1.165) is 5.82 Å². The van der Waals surface area contributed by atoms with E-state index in [9.17, 15) is 4.79 Å². The lowest BCUT2D eigenvalue weighted by atomic mass is 10.2. The largest absolute Gasteiger partial charge is 0.478 e. The van der Waals surface area contributed by atoms with E-state index in [2.05, 4.69) is 9.97 Å². The molecule has 1 heterocycles. The fourth-order valence-corrected chi connectivity index (χ4v) is 1.65. The molecule has 2 aromatic rings. The Labute approximate surface area is 90.9 Å². The van der Waals surface area contributed by atoms with Gasteiger partial charge in [-0.2, -0.15) is 0 Å². The van der Waals surface area contributed by atoms with Crippen molar-refractivity contribution in [1.29, 1.82) is 0 Å². The summed E-state index contributed by atoms with van der Waals surface area (Å²) in [7, 11) is 0. The number of halogens is 1. The second-order valence-corrected chi connectivity index (χ2v) is 3.57. The number of carbonyl (C=O) groups is 1. The average molecular weight is 225 g/mol. The number of aryl methyl sites for hydroxylation is 1. The smallest absolute Gasteiger partial charge is 0.337 e. The molecule has 0 radical (unpaired) electrons. The van der Waals surface area contributed by atoms with Crippen molar-refractivity contribution >= 4 is 28.6 Å². The zero-order valence-electron chi connectivity index (χ0n) is 8.04. The number of H-pyrrole nitrogens is 1. The van der Waals surface area contributed by atoms with E-state index in [-0.39, 0.29) is 5.56 Å². The Morgan fingerprint density at radius 3 is 2.93 bits per heavy atom. The lowest BCUT2D eigenvalue weighted by molar-refractivity contribution is 0.0699. The van der Waals surface area contributed by atoms with Crippen molar-refractivity contribution in [3.05, 3.63) is 28.5 Å². The Morgan fingerprint density at radius 1 is 1.60 bits per heavy atom. The van der Waals surface area contributed by atoms with Crippen LogP contribution in [0.15, 0.2) is 12.1 Å². The number of carboxylic acid groups (broad SMARTS) is 1. The molecule has 78 valence electrons. The average Bonchev–Trinajstić information content (AvgIpc) is 2.62. The van der Waals surface area contributed by atoms with Crippen molar-refractivity contribution in [3.63, 3.8) is 0 Å². The van der Waals surface area contributed by atoms with Crippen LogP contribution in [0.3, 0.4) is 0 Å². The van der Waals surface area contributed by atoms with Crippen LogP contribution in [0.2, 0.25) is 5.02 Å². The maximum absolute atomic E-state index is 10.9. The Morgan fingerprint density at radius 2 is 2.33 bits per heavy atom. The minimum absolute atomic E-state index is 0.172. The maximum atomic E-state index is 10.9. The van der Waals surface area contributed by atoms with Gasteiger partial charge in [-0.25, -0.2) is 9.78 Å². The number of benzene rings is 1. The molecule has 1 aromatic carbocycles. The molecule has 0 fully saturated rings. The predicted molar refractivity (Wildman–Crippen MR) is 57.4 cm³/mol. The van der Waals surface area contributed by atoms with Crippen molar-refractivity contribution in [1.82, 2.24) is 9.97 Å². The molecular weight excluding hydrogens is 216 g/mol. The number of aromatic nitrogens is 2. The molecule has 15 heavy (non-hydrogen) atoms. The first-order valence-electron chi connectivity index (χ1n) is 4.54. The van der Waals surface area contributed by atoms with Crippen LogP contribution in [0, 0.1) is 0 Å². The van der Waals surface area contributed by atoms with Crippen molar-refractivity contribution < 1.29 is 9.90 Å². The lowest BCUT2D eigenvalue weighted by Gasteiger charge is -1.96. The van der Waals surface area contributed by atoms with Crippen LogP contribution in [0.1, 0.15) is 23.1 Å². The van der Waals surface area contributed by atoms with Gasteiger partial charge < -0.3 is 10.1 Å². The molecule has 0 amide bonds. The van der Waals surface area contributed by atoms with Crippen LogP contribution in [0.5, 0.6) is 0 Å². The molecule has 2 rings (SSSR count). The summed E-state index contributed by atoms with van der Waals surface area (Å²) >= 11 is 5.94. The maximum Gasteiger partial charge on any atom is 0.337 e. The zero-order valence-corrected chi connectivity index (χ0v) is 8.80. The van der Waals surface area contributed by atoms with Crippen LogP contribution in [-0.2, 0) is 6.42 Å². The fourth-order valence-electron chi connectivity index (χ4n) is 1.45. The number of rotatable bonds is 2. The van der Waals surface area contributed by atoms with Gasteiger partial charge in [-0.05, 0) is 12.1 Å². The summed E-state index contributed by atoms with van der Waals surface area (Å²) in [4.78, 5) is 18.1. The molecule has 0 aliphatic carbocycles. The molecule has 0 unspecified atom stereocenters. The molecule has 0 saturated heterocycles. The molecule has 0 aliphatic rings. The van der Waals surface area contributed by atoms with Crippen LogP contribution in [0.4, 0.5) is 0 Å². The molecule has 2 N–H and O–H groups in total. The van der Waals surface area contributed by atoms with E-state index in [1.54, 1.807) is 6.07 Å². The number of fused-ring (bicyclic) bond motifs is 1. The van der Waals surface area contributed by atoms with Crippen molar-refractivity contribution in [2.75, 3.05) is 0 Å². The highest BCUT2D eigenvalue weighted by Gasteiger charge is 2.14. The normalized spacial score (nSPS) is 10.8. The highest BCUT2D eigenvalue weighted by Crippen LogP contribution is 2.24. The van der Waals surface area contributed by atoms with E-state index in [1.165, 1.54) is 6.07 Å². The summed E-state index contributed by atoms with van der Waals surface area (Å²) in [6, 6.07) is 3.03. The number of nitrogens with zero attached hydrogens (tertiary/aromatic N) is 1. The van der Waals surface area contributed by atoms with Gasteiger partial charge >= 0.3 is 5.97 Å². The SMILES string of the molecule is CCc1nc2c(C(=O)O)ccc(Cl)c2[nH]1. The molecule has 0 bridgehead atoms. The number of hydrogen-bond donors (Lipinski definition) is 2. The first-order valence-corrected chi connectivity index (χ1v) is 4.91. The highest BCUT2D eigenvalue weighted by molar-refractivity contribution is 6.35. The number of nitrogens with one attached hydrogen (secondary N) is 1. The fraction of sp³-hybridized carbons (Fsp3) is 0.200. The molecule has 0 aliphatic heterocycles. The standard InChI is InChI=1S/C10H9ClN2O2/c1-2-7-12-8-5(10(14)15)3-4-6(11)9(8)13-7/h3-4H,2H2,1H3,(H,12,13)(H,14,15). The summed E-state index contributed by atoms with van der Waals surface area (Å²) in [5.74, 6) is -0.258. The number of imidazole rings is 1. The van der Waals surface area contributed by atoms with Crippen LogP contribution < -0.4 is 0 Å². The quantitative estimate of drug-likeness (QED) is 0.824. The van der Waals surface area contributed by atoms with Gasteiger partial charge in [-0.15, -0.1) is 0 Å². The van der Waals surface area contributed by atoms with Gasteiger partial charge in [0.2, 0.25) is 0 Å². The van der Waals surface area contributed by atoms with E-state index in [1.807, 2.05) is 6.92 Å². The van der Waals surface area contributed by atoms with Crippen molar-refractivity contribution in [2.45, 2.75) is 13.3 Å². The van der Waals surface area contributed by atoms with Gasteiger partial charge in [0.1, 0.15) is 11.3 Å². The number of carboxylic acids is 1.